The molecule has 0 amide bonds. The van der Waals surface area contributed by atoms with Crippen molar-refractivity contribution in [2.75, 3.05) is 32.3 Å². The molecule has 1 heterocycles. The molecule has 0 spiro atoms. The topological polar surface area (TPSA) is 41.9 Å². The Morgan fingerprint density at radius 2 is 1.80 bits per heavy atom. The zero-order valence-electron chi connectivity index (χ0n) is 14.8. The van der Waals surface area contributed by atoms with Crippen molar-refractivity contribution in [2.45, 2.75) is 19.4 Å². The lowest BCUT2D eigenvalue weighted by atomic mass is 9.85. The van der Waals surface area contributed by atoms with E-state index < -0.39 is 0 Å². The number of fused-ring (bicyclic) bond motifs is 1. The van der Waals surface area contributed by atoms with Gasteiger partial charge in [-0.15, -0.1) is 0 Å². The Balaban J connectivity index is 2.08. The molecule has 0 unspecified atom stereocenters. The van der Waals surface area contributed by atoms with Crippen LogP contribution in [0.25, 0.3) is 0 Å². The lowest BCUT2D eigenvalue weighted by Gasteiger charge is -2.42. The third-order valence-electron chi connectivity index (χ3n) is 4.91. The minimum absolute atomic E-state index is 0.0923. The maximum absolute atomic E-state index is 9.86. The van der Waals surface area contributed by atoms with Crippen LogP contribution in [0.15, 0.2) is 40.9 Å². The standard InChI is InChI=1S/C20H24BrNO3/c1-13(12-23)20-17-11-19(25-3)18(24-2)10-14(17)8-9-22(20)16-6-4-15(21)5-7-16/h4-7,10-11,13,20,23H,8-9,12H2,1-3H3/t13-,20+/m0/s1. The van der Waals surface area contributed by atoms with Crippen LogP contribution in [-0.4, -0.2) is 32.5 Å². The lowest BCUT2D eigenvalue weighted by Crippen LogP contribution is -2.39. The Bertz CT molecular complexity index is 732. The summed E-state index contributed by atoms with van der Waals surface area (Å²) in [6.07, 6.45) is 0.931. The number of aliphatic hydroxyl groups is 1. The molecule has 0 saturated heterocycles. The summed E-state index contributed by atoms with van der Waals surface area (Å²) in [4.78, 5) is 2.38. The highest BCUT2D eigenvalue weighted by molar-refractivity contribution is 9.10. The monoisotopic (exact) mass is 405 g/mol. The average Bonchev–Trinajstić information content (AvgIpc) is 2.65. The number of hydrogen-bond donors (Lipinski definition) is 1. The Morgan fingerprint density at radius 1 is 1.16 bits per heavy atom. The van der Waals surface area contributed by atoms with E-state index in [1.165, 1.54) is 11.1 Å². The first-order valence-electron chi connectivity index (χ1n) is 8.47. The van der Waals surface area contributed by atoms with Gasteiger partial charge in [-0.2, -0.15) is 0 Å². The molecular weight excluding hydrogens is 382 g/mol. The Kier molecular flexibility index (Phi) is 5.54. The fraction of sp³-hybridized carbons (Fsp3) is 0.400. The summed E-state index contributed by atoms with van der Waals surface area (Å²) in [5.41, 5.74) is 3.62. The number of nitrogens with zero attached hydrogens (tertiary/aromatic N) is 1. The van der Waals surface area contributed by atoms with Crippen LogP contribution in [0.5, 0.6) is 11.5 Å². The predicted molar refractivity (Wildman–Crippen MR) is 104 cm³/mol. The molecule has 2 aromatic rings. The van der Waals surface area contributed by atoms with Crippen molar-refractivity contribution in [3.8, 4) is 11.5 Å². The predicted octanol–water partition coefficient (Wildman–Crippen LogP) is 4.20. The fourth-order valence-electron chi connectivity index (χ4n) is 3.61. The Labute approximate surface area is 157 Å². The van der Waals surface area contributed by atoms with Crippen LogP contribution in [0.2, 0.25) is 0 Å². The first-order valence-corrected chi connectivity index (χ1v) is 9.26. The Hall–Kier alpha value is -1.72. The molecule has 0 aliphatic carbocycles. The van der Waals surface area contributed by atoms with Crippen LogP contribution >= 0.6 is 15.9 Å². The Morgan fingerprint density at radius 3 is 2.40 bits per heavy atom. The molecule has 1 aliphatic heterocycles. The van der Waals surface area contributed by atoms with Gasteiger partial charge in [0.05, 0.1) is 20.3 Å². The molecule has 25 heavy (non-hydrogen) atoms. The third kappa shape index (κ3) is 3.48. The van der Waals surface area contributed by atoms with Crippen molar-refractivity contribution in [2.24, 2.45) is 5.92 Å². The SMILES string of the molecule is COc1cc2c(cc1OC)[C@@H]([C@@H](C)CO)N(c1ccc(Br)cc1)CC2. The average molecular weight is 406 g/mol. The number of halogens is 1. The van der Waals surface area contributed by atoms with Crippen LogP contribution in [0.4, 0.5) is 5.69 Å². The van der Waals surface area contributed by atoms with E-state index in [9.17, 15) is 5.11 Å². The molecule has 2 aromatic carbocycles. The highest BCUT2D eigenvalue weighted by Gasteiger charge is 2.32. The van der Waals surface area contributed by atoms with Crippen LogP contribution in [0.1, 0.15) is 24.1 Å². The molecule has 134 valence electrons. The largest absolute Gasteiger partial charge is 0.493 e. The molecule has 0 fully saturated rings. The highest BCUT2D eigenvalue weighted by atomic mass is 79.9. The van der Waals surface area contributed by atoms with Gasteiger partial charge in [-0.1, -0.05) is 22.9 Å². The van der Waals surface area contributed by atoms with Gasteiger partial charge in [0.15, 0.2) is 11.5 Å². The van der Waals surface area contributed by atoms with Gasteiger partial charge >= 0.3 is 0 Å². The molecule has 0 bridgehead atoms. The number of hydrogen-bond acceptors (Lipinski definition) is 4. The van der Waals surface area contributed by atoms with E-state index in [4.69, 9.17) is 9.47 Å². The molecule has 3 rings (SSSR count). The lowest BCUT2D eigenvalue weighted by molar-refractivity contribution is 0.210. The molecule has 4 nitrogen and oxygen atoms in total. The van der Waals surface area contributed by atoms with Gasteiger partial charge in [0.25, 0.3) is 0 Å². The van der Waals surface area contributed by atoms with Gasteiger partial charge in [0.1, 0.15) is 0 Å². The van der Waals surface area contributed by atoms with E-state index in [0.29, 0.717) is 0 Å². The second kappa shape index (κ2) is 7.67. The molecule has 0 radical (unpaired) electrons. The summed E-state index contributed by atoms with van der Waals surface area (Å²) in [6, 6.07) is 12.6. The number of rotatable bonds is 5. The van der Waals surface area contributed by atoms with E-state index in [0.717, 1.165) is 34.6 Å². The van der Waals surface area contributed by atoms with Gasteiger partial charge in [0, 0.05) is 29.2 Å². The first kappa shape index (κ1) is 18.1. The van der Waals surface area contributed by atoms with Crippen molar-refractivity contribution < 1.29 is 14.6 Å². The zero-order chi connectivity index (χ0) is 18.0. The van der Waals surface area contributed by atoms with E-state index in [-0.39, 0.29) is 18.6 Å². The van der Waals surface area contributed by atoms with Gasteiger partial charge in [-0.25, -0.2) is 0 Å². The summed E-state index contributed by atoms with van der Waals surface area (Å²) < 4.78 is 12.0. The highest BCUT2D eigenvalue weighted by Crippen LogP contribution is 2.42. The van der Waals surface area contributed by atoms with Gasteiger partial charge < -0.3 is 19.5 Å². The molecule has 0 saturated carbocycles. The van der Waals surface area contributed by atoms with Crippen molar-refractivity contribution in [3.63, 3.8) is 0 Å². The van der Waals surface area contributed by atoms with Crippen molar-refractivity contribution >= 4 is 21.6 Å². The van der Waals surface area contributed by atoms with Gasteiger partial charge in [0.2, 0.25) is 0 Å². The second-order valence-electron chi connectivity index (χ2n) is 6.43. The third-order valence-corrected chi connectivity index (χ3v) is 5.44. The van der Waals surface area contributed by atoms with Crippen LogP contribution in [0, 0.1) is 5.92 Å². The maximum atomic E-state index is 9.86. The number of methoxy groups -OCH3 is 2. The minimum atomic E-state index is 0.0923. The minimum Gasteiger partial charge on any atom is -0.493 e. The quantitative estimate of drug-likeness (QED) is 0.809. The summed E-state index contributed by atoms with van der Waals surface area (Å²) in [5.74, 6) is 1.59. The number of aliphatic hydroxyl groups excluding tert-OH is 1. The zero-order valence-corrected chi connectivity index (χ0v) is 16.4. The molecule has 0 aromatic heterocycles. The van der Waals surface area contributed by atoms with Gasteiger partial charge in [-0.3, -0.25) is 0 Å². The van der Waals surface area contributed by atoms with Crippen molar-refractivity contribution in [3.05, 3.63) is 52.0 Å². The van der Waals surface area contributed by atoms with E-state index in [2.05, 4.69) is 64.2 Å². The number of ether oxygens (including phenoxy) is 2. The molecule has 1 N–H and O–H groups in total. The van der Waals surface area contributed by atoms with E-state index in [1.807, 2.05) is 0 Å². The maximum Gasteiger partial charge on any atom is 0.161 e. The summed E-state index contributed by atoms with van der Waals surface area (Å²) in [6.45, 7) is 3.12. The van der Waals surface area contributed by atoms with Crippen LogP contribution in [-0.2, 0) is 6.42 Å². The smallest absolute Gasteiger partial charge is 0.161 e. The molecule has 1 aliphatic rings. The summed E-state index contributed by atoms with van der Waals surface area (Å²) in [5, 5.41) is 9.86. The fourth-order valence-corrected chi connectivity index (χ4v) is 3.88. The van der Waals surface area contributed by atoms with Crippen molar-refractivity contribution in [1.82, 2.24) is 0 Å². The number of anilines is 1. The molecule has 5 heteroatoms. The van der Waals surface area contributed by atoms with Crippen LogP contribution < -0.4 is 14.4 Å². The molecular formula is C20H24BrNO3. The number of benzene rings is 2. The van der Waals surface area contributed by atoms with E-state index >= 15 is 0 Å². The van der Waals surface area contributed by atoms with Gasteiger partial charge in [-0.05, 0) is 53.9 Å². The van der Waals surface area contributed by atoms with Crippen molar-refractivity contribution in [1.29, 1.82) is 0 Å². The van der Waals surface area contributed by atoms with E-state index in [1.54, 1.807) is 14.2 Å². The molecule has 2 atom stereocenters. The second-order valence-corrected chi connectivity index (χ2v) is 7.35. The summed E-state index contributed by atoms with van der Waals surface area (Å²) >= 11 is 3.50. The van der Waals surface area contributed by atoms with Crippen LogP contribution in [0.3, 0.4) is 0 Å². The normalized spacial score (nSPS) is 17.8. The summed E-state index contributed by atoms with van der Waals surface area (Å²) in [7, 11) is 3.32. The first-order chi connectivity index (χ1) is 12.1.